The highest BCUT2D eigenvalue weighted by molar-refractivity contribution is 5.98. The number of fused-ring (bicyclic) bond motifs is 2. The minimum atomic E-state index is -0.0311. The largest absolute Gasteiger partial charge is 0.482 e. The molecule has 1 aliphatic rings. The second kappa shape index (κ2) is 5.01. The maximum atomic E-state index is 12.0. The van der Waals surface area contributed by atoms with Crippen molar-refractivity contribution in [1.29, 1.82) is 0 Å². The summed E-state index contributed by atoms with van der Waals surface area (Å²) in [6.07, 6.45) is 3.83. The normalized spacial score (nSPS) is 14.0. The number of nitrogens with zero attached hydrogens (tertiary/aromatic N) is 3. The quantitative estimate of drug-likeness (QED) is 0.788. The number of hydrogen-bond donors (Lipinski definition) is 1. The molecule has 4 rings (SSSR count). The lowest BCUT2D eigenvalue weighted by atomic mass is 10.1. The summed E-state index contributed by atoms with van der Waals surface area (Å²) in [5, 5.41) is 0. The number of benzene rings is 1. The average Bonchev–Trinajstić information content (AvgIpc) is 3.00. The number of rotatable bonds is 2. The third kappa shape index (κ3) is 2.11. The fourth-order valence-electron chi connectivity index (χ4n) is 2.88. The minimum Gasteiger partial charge on any atom is -0.482 e. The van der Waals surface area contributed by atoms with Gasteiger partial charge in [-0.15, -0.1) is 0 Å². The fourth-order valence-corrected chi connectivity index (χ4v) is 2.88. The lowest BCUT2D eigenvalue weighted by Crippen LogP contribution is -2.38. The van der Waals surface area contributed by atoms with Gasteiger partial charge in [0.05, 0.1) is 17.1 Å². The Kier molecular flexibility index (Phi) is 2.97. The van der Waals surface area contributed by atoms with Crippen molar-refractivity contribution in [3.05, 3.63) is 42.7 Å². The van der Waals surface area contributed by atoms with Crippen molar-refractivity contribution in [3.63, 3.8) is 0 Å². The van der Waals surface area contributed by atoms with Crippen LogP contribution in [0.2, 0.25) is 0 Å². The summed E-state index contributed by atoms with van der Waals surface area (Å²) in [5.41, 5.74) is 9.83. The van der Waals surface area contributed by atoms with Crippen LogP contribution in [0, 0.1) is 0 Å². The van der Waals surface area contributed by atoms with Crippen molar-refractivity contribution < 1.29 is 9.53 Å². The van der Waals surface area contributed by atoms with E-state index < -0.39 is 0 Å². The molecular weight excluding hydrogens is 292 g/mol. The first kappa shape index (κ1) is 13.6. The number of nitrogens with two attached hydrogens (primary N) is 1. The van der Waals surface area contributed by atoms with Crippen molar-refractivity contribution in [3.8, 4) is 17.0 Å². The lowest BCUT2D eigenvalue weighted by Gasteiger charge is -2.28. The van der Waals surface area contributed by atoms with Gasteiger partial charge >= 0.3 is 0 Å². The van der Waals surface area contributed by atoms with E-state index in [-0.39, 0.29) is 12.5 Å². The zero-order chi connectivity index (χ0) is 16.0. The van der Waals surface area contributed by atoms with E-state index in [4.69, 9.17) is 10.5 Å². The highest BCUT2D eigenvalue weighted by Gasteiger charge is 2.24. The topological polar surface area (TPSA) is 72.9 Å². The van der Waals surface area contributed by atoms with E-state index in [2.05, 4.69) is 4.98 Å². The van der Waals surface area contributed by atoms with Gasteiger partial charge in [-0.05, 0) is 37.3 Å². The maximum Gasteiger partial charge on any atom is 0.265 e. The molecule has 1 aliphatic heterocycles. The number of imidazole rings is 1. The Balaban J connectivity index is 1.84. The Morgan fingerprint density at radius 2 is 2.22 bits per heavy atom. The van der Waals surface area contributed by atoms with Crippen molar-refractivity contribution in [1.82, 2.24) is 9.38 Å². The first-order chi connectivity index (χ1) is 11.2. The number of anilines is 2. The SMILES string of the molecule is CCN1C(=O)COc2ccc(-c3cn4cccc(N)c4n3)cc21. The summed E-state index contributed by atoms with van der Waals surface area (Å²) in [6, 6.07) is 9.47. The summed E-state index contributed by atoms with van der Waals surface area (Å²) in [5.74, 6) is 0.690. The van der Waals surface area contributed by atoms with Gasteiger partial charge < -0.3 is 19.8 Å². The molecule has 1 aromatic carbocycles. The molecule has 0 spiro atoms. The van der Waals surface area contributed by atoms with Gasteiger partial charge in [-0.25, -0.2) is 4.98 Å². The van der Waals surface area contributed by atoms with E-state index in [1.54, 1.807) is 4.90 Å². The Hall–Kier alpha value is -3.02. The van der Waals surface area contributed by atoms with Crippen LogP contribution in [-0.2, 0) is 4.79 Å². The monoisotopic (exact) mass is 308 g/mol. The molecule has 6 nitrogen and oxygen atoms in total. The highest BCUT2D eigenvalue weighted by atomic mass is 16.5. The summed E-state index contributed by atoms with van der Waals surface area (Å²) >= 11 is 0. The van der Waals surface area contributed by atoms with Crippen LogP contribution in [0.15, 0.2) is 42.7 Å². The van der Waals surface area contributed by atoms with E-state index in [9.17, 15) is 4.79 Å². The first-order valence-electron chi connectivity index (χ1n) is 7.48. The molecule has 0 fully saturated rings. The highest BCUT2D eigenvalue weighted by Crippen LogP contribution is 2.35. The maximum absolute atomic E-state index is 12.0. The molecule has 2 aromatic heterocycles. The molecule has 3 heterocycles. The number of hydrogen-bond acceptors (Lipinski definition) is 4. The van der Waals surface area contributed by atoms with Crippen molar-refractivity contribution >= 4 is 22.9 Å². The molecule has 0 saturated carbocycles. The van der Waals surface area contributed by atoms with E-state index in [1.165, 1.54) is 0 Å². The van der Waals surface area contributed by atoms with Crippen LogP contribution in [0.25, 0.3) is 16.9 Å². The fraction of sp³-hybridized carbons (Fsp3) is 0.176. The van der Waals surface area contributed by atoms with Gasteiger partial charge in [-0.2, -0.15) is 0 Å². The second-order valence-corrected chi connectivity index (χ2v) is 5.43. The molecule has 0 saturated heterocycles. The Morgan fingerprint density at radius 3 is 3.00 bits per heavy atom. The average molecular weight is 308 g/mol. The van der Waals surface area contributed by atoms with Crippen molar-refractivity contribution in [2.24, 2.45) is 0 Å². The molecule has 3 aromatic rings. The molecule has 0 radical (unpaired) electrons. The van der Waals surface area contributed by atoms with Gasteiger partial charge in [0.2, 0.25) is 0 Å². The number of carbonyl (C=O) groups is 1. The molecule has 0 unspecified atom stereocenters. The van der Waals surface area contributed by atoms with E-state index in [1.807, 2.05) is 54.0 Å². The summed E-state index contributed by atoms with van der Waals surface area (Å²) < 4.78 is 7.39. The Morgan fingerprint density at radius 1 is 1.35 bits per heavy atom. The van der Waals surface area contributed by atoms with Crippen LogP contribution in [0.3, 0.4) is 0 Å². The van der Waals surface area contributed by atoms with Crippen LogP contribution in [0.5, 0.6) is 5.75 Å². The second-order valence-electron chi connectivity index (χ2n) is 5.43. The number of pyridine rings is 1. The molecule has 0 bridgehead atoms. The minimum absolute atomic E-state index is 0.0311. The van der Waals surface area contributed by atoms with Gasteiger partial charge in [-0.1, -0.05) is 0 Å². The molecular formula is C17H16N4O2. The summed E-state index contributed by atoms with van der Waals surface area (Å²) in [6.45, 7) is 2.65. The molecule has 6 heteroatoms. The zero-order valence-electron chi connectivity index (χ0n) is 12.7. The number of amides is 1. The summed E-state index contributed by atoms with van der Waals surface area (Å²) in [4.78, 5) is 18.3. The zero-order valence-corrected chi connectivity index (χ0v) is 12.7. The Bertz CT molecular complexity index is 916. The van der Waals surface area contributed by atoms with Gasteiger partial charge in [0.15, 0.2) is 12.3 Å². The van der Waals surface area contributed by atoms with Crippen LogP contribution >= 0.6 is 0 Å². The van der Waals surface area contributed by atoms with Crippen molar-refractivity contribution in [2.45, 2.75) is 6.92 Å². The third-order valence-electron chi connectivity index (χ3n) is 4.03. The smallest absolute Gasteiger partial charge is 0.265 e. The number of ether oxygens (including phenoxy) is 1. The number of likely N-dealkylation sites (N-methyl/N-ethyl adjacent to an activating group) is 1. The molecule has 0 aliphatic carbocycles. The van der Waals surface area contributed by atoms with E-state index >= 15 is 0 Å². The molecule has 1 amide bonds. The van der Waals surface area contributed by atoms with Crippen LogP contribution in [0.4, 0.5) is 11.4 Å². The Labute approximate surface area is 133 Å². The van der Waals surface area contributed by atoms with E-state index in [0.29, 0.717) is 12.2 Å². The third-order valence-corrected chi connectivity index (χ3v) is 4.03. The van der Waals surface area contributed by atoms with E-state index in [0.717, 1.165) is 28.3 Å². The number of nitrogen functional groups attached to an aromatic ring is 1. The predicted molar refractivity (Wildman–Crippen MR) is 88.6 cm³/mol. The number of aromatic nitrogens is 2. The van der Waals surface area contributed by atoms with Crippen LogP contribution in [0.1, 0.15) is 6.92 Å². The lowest BCUT2D eigenvalue weighted by molar-refractivity contribution is -0.121. The number of carbonyl (C=O) groups excluding carboxylic acids is 1. The van der Waals surface area contributed by atoms with Gasteiger partial charge in [0.25, 0.3) is 5.91 Å². The van der Waals surface area contributed by atoms with Crippen LogP contribution in [-0.4, -0.2) is 28.4 Å². The van der Waals surface area contributed by atoms with Gasteiger partial charge in [0, 0.05) is 24.5 Å². The van der Waals surface area contributed by atoms with Gasteiger partial charge in [0.1, 0.15) is 5.75 Å². The van der Waals surface area contributed by atoms with Gasteiger partial charge in [-0.3, -0.25) is 4.79 Å². The molecule has 2 N–H and O–H groups in total. The predicted octanol–water partition coefficient (Wildman–Crippen LogP) is 2.33. The van der Waals surface area contributed by atoms with Crippen molar-refractivity contribution in [2.75, 3.05) is 23.8 Å². The summed E-state index contributed by atoms with van der Waals surface area (Å²) in [7, 11) is 0. The molecule has 23 heavy (non-hydrogen) atoms. The molecule has 0 atom stereocenters. The molecule has 116 valence electrons. The van der Waals surface area contributed by atoms with Crippen LogP contribution < -0.4 is 15.4 Å². The first-order valence-corrected chi connectivity index (χ1v) is 7.48. The standard InChI is InChI=1S/C17H16N4O2/c1-2-21-14-8-11(5-6-15(14)23-10-16(21)22)13-9-20-7-3-4-12(18)17(20)19-13/h3-9H,2,10,18H2,1H3.